The number of rotatable bonds is 20. The van der Waals surface area contributed by atoms with E-state index in [2.05, 4.69) is 23.8 Å². The number of esters is 1. The van der Waals surface area contributed by atoms with E-state index in [1.807, 2.05) is 68.4 Å². The second-order valence-corrected chi connectivity index (χ2v) is 10.7. The molecule has 0 fully saturated rings. The van der Waals surface area contributed by atoms with Crippen molar-refractivity contribution in [2.75, 3.05) is 13.2 Å². The van der Waals surface area contributed by atoms with Gasteiger partial charge in [-0.3, -0.25) is 14.4 Å². The third-order valence-corrected chi connectivity index (χ3v) is 6.84. The van der Waals surface area contributed by atoms with E-state index in [0.29, 0.717) is 32.3 Å². The molecule has 0 aliphatic carbocycles. The highest BCUT2D eigenvalue weighted by molar-refractivity contribution is 5.86. The van der Waals surface area contributed by atoms with Gasteiger partial charge in [0.15, 0.2) is 0 Å². The molecule has 0 heterocycles. The number of hydrogen-bond donors (Lipinski definition) is 3. The van der Waals surface area contributed by atoms with Gasteiger partial charge < -0.3 is 25.2 Å². The molecule has 2 amide bonds. The third-order valence-electron chi connectivity index (χ3n) is 6.84. The van der Waals surface area contributed by atoms with Crippen molar-refractivity contribution in [3.63, 3.8) is 0 Å². The lowest BCUT2D eigenvalue weighted by Gasteiger charge is -2.25. The summed E-state index contributed by atoms with van der Waals surface area (Å²) in [5.41, 5.74) is 2.01. The zero-order valence-electron chi connectivity index (χ0n) is 24.9. The number of carbonyl (C=O) groups excluding carboxylic acids is 3. The Labute approximate surface area is 250 Å². The first-order valence-electron chi connectivity index (χ1n) is 14.6. The molecule has 3 N–H and O–H groups in total. The van der Waals surface area contributed by atoms with Crippen LogP contribution < -0.4 is 15.4 Å². The van der Waals surface area contributed by atoms with Crippen LogP contribution in [0.1, 0.15) is 57.1 Å². The van der Waals surface area contributed by atoms with Gasteiger partial charge in [0.1, 0.15) is 19.0 Å². The smallest absolute Gasteiger partial charge is 0.305 e. The second kappa shape index (κ2) is 19.3. The summed E-state index contributed by atoms with van der Waals surface area (Å²) in [6.07, 6.45) is 5.72. The molecule has 0 saturated heterocycles. The van der Waals surface area contributed by atoms with Gasteiger partial charge in [0.25, 0.3) is 0 Å². The number of nitrogens with one attached hydrogen (secondary N) is 2. The van der Waals surface area contributed by atoms with Gasteiger partial charge in [-0.1, -0.05) is 68.5 Å². The fraction of sp³-hybridized carbons (Fsp3) is 0.441. The Bertz CT molecular complexity index is 1120. The van der Waals surface area contributed by atoms with Gasteiger partial charge in [0.2, 0.25) is 11.8 Å². The summed E-state index contributed by atoms with van der Waals surface area (Å²) in [6, 6.07) is 16.5. The minimum atomic E-state index is -0.646. The van der Waals surface area contributed by atoms with Crippen LogP contribution in [-0.4, -0.2) is 48.2 Å². The van der Waals surface area contributed by atoms with Gasteiger partial charge in [-0.05, 0) is 54.9 Å². The number of aliphatic hydroxyl groups excluding tert-OH is 1. The van der Waals surface area contributed by atoms with Crippen LogP contribution in [0.25, 0.3) is 0 Å². The number of amides is 2. The lowest BCUT2D eigenvalue weighted by atomic mass is 9.97. The molecular weight excluding hydrogens is 532 g/mol. The number of ether oxygens (including phenoxy) is 2. The maximum atomic E-state index is 13.1. The molecule has 0 spiro atoms. The van der Waals surface area contributed by atoms with Gasteiger partial charge in [0, 0.05) is 12.8 Å². The maximum absolute atomic E-state index is 13.1. The molecule has 3 atom stereocenters. The Hall–Kier alpha value is -3.91. The van der Waals surface area contributed by atoms with Crippen molar-refractivity contribution in [1.29, 1.82) is 0 Å². The number of allylic oxidation sites excluding steroid dienone is 2. The summed E-state index contributed by atoms with van der Waals surface area (Å²) in [7, 11) is 0. The SMILES string of the molecule is C=CCCCC(=O)OC[C@@H](NC(=O)[C@@H](CC=C)CC(=O)N[C@H](CO)Cc1ccc(OCc2ccccc2)cc1)C(C)C. The van der Waals surface area contributed by atoms with Crippen molar-refractivity contribution in [2.45, 2.75) is 71.1 Å². The highest BCUT2D eigenvalue weighted by Gasteiger charge is 2.26. The van der Waals surface area contributed by atoms with Crippen LogP contribution in [-0.2, 0) is 32.1 Å². The predicted molar refractivity (Wildman–Crippen MR) is 165 cm³/mol. The van der Waals surface area contributed by atoms with Crippen LogP contribution >= 0.6 is 0 Å². The van der Waals surface area contributed by atoms with Crippen molar-refractivity contribution >= 4 is 17.8 Å². The minimum absolute atomic E-state index is 0.0158. The summed E-state index contributed by atoms with van der Waals surface area (Å²) in [4.78, 5) is 38.0. The summed E-state index contributed by atoms with van der Waals surface area (Å²) in [5, 5.41) is 15.7. The molecule has 0 aliphatic heterocycles. The van der Waals surface area contributed by atoms with Crippen LogP contribution in [0.15, 0.2) is 79.9 Å². The zero-order chi connectivity index (χ0) is 30.7. The molecule has 8 nitrogen and oxygen atoms in total. The normalized spacial score (nSPS) is 13.0. The summed E-state index contributed by atoms with van der Waals surface area (Å²) < 4.78 is 11.2. The van der Waals surface area contributed by atoms with Crippen LogP contribution in [0.3, 0.4) is 0 Å². The lowest BCUT2D eigenvalue weighted by molar-refractivity contribution is -0.145. The molecule has 2 rings (SSSR count). The van der Waals surface area contributed by atoms with Crippen LogP contribution in [0, 0.1) is 11.8 Å². The number of hydrogen-bond acceptors (Lipinski definition) is 6. The fourth-order valence-electron chi connectivity index (χ4n) is 4.25. The number of aliphatic hydroxyl groups is 1. The average Bonchev–Trinajstić information content (AvgIpc) is 2.98. The molecule has 42 heavy (non-hydrogen) atoms. The molecule has 0 radical (unpaired) electrons. The first kappa shape index (κ1) is 34.3. The Morgan fingerprint density at radius 3 is 2.29 bits per heavy atom. The highest BCUT2D eigenvalue weighted by atomic mass is 16.5. The molecule has 0 aromatic heterocycles. The maximum Gasteiger partial charge on any atom is 0.305 e. The number of carbonyl (C=O) groups is 3. The molecule has 2 aromatic rings. The van der Waals surface area contributed by atoms with Crippen molar-refractivity contribution in [3.8, 4) is 5.75 Å². The first-order chi connectivity index (χ1) is 20.2. The molecule has 0 bridgehead atoms. The van der Waals surface area contributed by atoms with Crippen molar-refractivity contribution in [1.82, 2.24) is 10.6 Å². The summed E-state index contributed by atoms with van der Waals surface area (Å²) in [6.45, 7) is 11.5. The van der Waals surface area contributed by atoms with Crippen LogP contribution in [0.2, 0.25) is 0 Å². The largest absolute Gasteiger partial charge is 0.489 e. The molecule has 2 aromatic carbocycles. The van der Waals surface area contributed by atoms with Crippen molar-refractivity contribution in [3.05, 3.63) is 91.0 Å². The Morgan fingerprint density at radius 1 is 0.952 bits per heavy atom. The molecule has 0 unspecified atom stereocenters. The monoisotopic (exact) mass is 578 g/mol. The second-order valence-electron chi connectivity index (χ2n) is 10.7. The summed E-state index contributed by atoms with van der Waals surface area (Å²) in [5.74, 6) is -0.864. The van der Waals surface area contributed by atoms with E-state index < -0.39 is 12.0 Å². The Morgan fingerprint density at radius 2 is 1.67 bits per heavy atom. The van der Waals surface area contributed by atoms with Gasteiger partial charge in [-0.2, -0.15) is 0 Å². The van der Waals surface area contributed by atoms with Gasteiger partial charge in [-0.15, -0.1) is 13.2 Å². The first-order valence-corrected chi connectivity index (χ1v) is 14.6. The number of unbranched alkanes of at least 4 members (excludes halogenated alkanes) is 1. The molecule has 8 heteroatoms. The highest BCUT2D eigenvalue weighted by Crippen LogP contribution is 2.17. The molecule has 0 aliphatic rings. The third kappa shape index (κ3) is 13.2. The molecular formula is C34H46N2O6. The lowest BCUT2D eigenvalue weighted by Crippen LogP contribution is -2.46. The standard InChI is InChI=1S/C34H46N2O6/c1-5-7-9-15-33(39)42-24-31(25(3)4)36-34(40)28(12-6-2)21-32(38)35-29(22-37)20-26-16-18-30(19-17-26)41-23-27-13-10-8-11-14-27/h5-6,8,10-11,13-14,16-19,25,28-29,31,37H,1-2,7,9,12,15,20-24H2,3-4H3,(H,35,38)(H,36,40)/t28-,29-,31+/m0/s1. The van der Waals surface area contributed by atoms with E-state index in [0.717, 1.165) is 23.3 Å². The Balaban J connectivity index is 1.87. The zero-order valence-corrected chi connectivity index (χ0v) is 24.9. The van der Waals surface area contributed by atoms with Gasteiger partial charge in [0.05, 0.1) is 24.6 Å². The quantitative estimate of drug-likeness (QED) is 0.117. The van der Waals surface area contributed by atoms with E-state index >= 15 is 0 Å². The minimum Gasteiger partial charge on any atom is -0.489 e. The van der Waals surface area contributed by atoms with Crippen molar-refractivity contribution < 1.29 is 29.0 Å². The van der Waals surface area contributed by atoms with Gasteiger partial charge in [-0.25, -0.2) is 0 Å². The fourth-order valence-corrected chi connectivity index (χ4v) is 4.25. The van der Waals surface area contributed by atoms with E-state index in [1.165, 1.54) is 0 Å². The average molecular weight is 579 g/mol. The van der Waals surface area contributed by atoms with Gasteiger partial charge >= 0.3 is 5.97 Å². The van der Waals surface area contributed by atoms with Crippen molar-refractivity contribution in [2.24, 2.45) is 11.8 Å². The molecule has 0 saturated carbocycles. The van der Waals surface area contributed by atoms with E-state index in [1.54, 1.807) is 12.2 Å². The number of benzene rings is 2. The summed E-state index contributed by atoms with van der Waals surface area (Å²) >= 11 is 0. The van der Waals surface area contributed by atoms with E-state index in [-0.39, 0.29) is 49.4 Å². The van der Waals surface area contributed by atoms with E-state index in [4.69, 9.17) is 9.47 Å². The van der Waals surface area contributed by atoms with E-state index in [9.17, 15) is 19.5 Å². The molecule has 228 valence electrons. The van der Waals surface area contributed by atoms with Crippen LogP contribution in [0.5, 0.6) is 5.75 Å². The Kier molecular flexibility index (Phi) is 15.7. The van der Waals surface area contributed by atoms with Crippen LogP contribution in [0.4, 0.5) is 0 Å². The predicted octanol–water partition coefficient (Wildman–Crippen LogP) is 4.91. The topological polar surface area (TPSA) is 114 Å².